The molecule has 20 heavy (non-hydrogen) atoms. The number of thiophene rings is 1. The average molecular weight is 356 g/mol. The fourth-order valence-corrected chi connectivity index (χ4v) is 2.89. The zero-order chi connectivity index (χ0) is 14.7. The number of hydrogen-bond donors (Lipinski definition) is 0. The minimum absolute atomic E-state index is 0.128. The molecule has 0 N–H and O–H groups in total. The van der Waals surface area contributed by atoms with Crippen molar-refractivity contribution in [3.8, 4) is 5.75 Å². The number of carbonyl (C=O) groups is 1. The Kier molecular flexibility index (Phi) is 4.51. The summed E-state index contributed by atoms with van der Waals surface area (Å²) in [6.45, 7) is 1.48. The molecule has 0 bridgehead atoms. The van der Waals surface area contributed by atoms with Gasteiger partial charge in [0.05, 0.1) is 9.80 Å². The minimum Gasteiger partial charge on any atom is -0.478 e. The third kappa shape index (κ3) is 3.23. The van der Waals surface area contributed by atoms with Crippen LogP contribution >= 0.6 is 27.3 Å². The first-order valence-electron chi connectivity index (χ1n) is 5.63. The van der Waals surface area contributed by atoms with Crippen molar-refractivity contribution < 1.29 is 14.5 Å². The molecule has 5 nitrogen and oxygen atoms in total. The summed E-state index contributed by atoms with van der Waals surface area (Å²) >= 11 is 4.51. The van der Waals surface area contributed by atoms with Crippen molar-refractivity contribution in [3.05, 3.63) is 54.7 Å². The Balaban J connectivity index is 2.21. The van der Waals surface area contributed by atoms with Gasteiger partial charge in [0.1, 0.15) is 0 Å². The highest BCUT2D eigenvalue weighted by Gasteiger charge is 2.20. The van der Waals surface area contributed by atoms with Crippen LogP contribution in [0.3, 0.4) is 0 Å². The molecule has 0 atom stereocenters. The predicted molar refractivity (Wildman–Crippen MR) is 79.7 cm³/mol. The number of nitrogens with zero attached hydrogens (tertiary/aromatic N) is 1. The molecule has 0 fully saturated rings. The molecular weight excluding hydrogens is 346 g/mol. The van der Waals surface area contributed by atoms with Gasteiger partial charge in [-0.3, -0.25) is 14.9 Å². The molecule has 0 aliphatic carbocycles. The van der Waals surface area contributed by atoms with E-state index in [-0.39, 0.29) is 23.8 Å². The zero-order valence-electron chi connectivity index (χ0n) is 10.5. The lowest BCUT2D eigenvalue weighted by atomic mass is 10.2. The van der Waals surface area contributed by atoms with E-state index >= 15 is 0 Å². The Hall–Kier alpha value is -1.73. The molecule has 1 heterocycles. The molecule has 0 aliphatic rings. The van der Waals surface area contributed by atoms with Gasteiger partial charge in [-0.1, -0.05) is 22.0 Å². The summed E-state index contributed by atoms with van der Waals surface area (Å²) in [5, 5.41) is 12.8. The molecule has 0 amide bonds. The molecule has 104 valence electrons. The number of ketones is 1. The molecule has 0 unspecified atom stereocenters. The lowest BCUT2D eigenvalue weighted by molar-refractivity contribution is -0.385. The standard InChI is InChI=1S/C13H10BrNO4S/c1-8-5-9(14)6-10(15(17)18)13(8)19-7-11(16)12-3-2-4-20-12/h2-6H,7H2,1H3. The van der Waals surface area contributed by atoms with Gasteiger partial charge in [-0.2, -0.15) is 0 Å². The number of nitro benzene ring substituents is 1. The van der Waals surface area contributed by atoms with Crippen molar-refractivity contribution in [2.75, 3.05) is 6.61 Å². The van der Waals surface area contributed by atoms with Crippen LogP contribution < -0.4 is 4.74 Å². The van der Waals surface area contributed by atoms with Crippen molar-refractivity contribution in [2.45, 2.75) is 6.92 Å². The van der Waals surface area contributed by atoms with E-state index in [0.29, 0.717) is 14.9 Å². The van der Waals surface area contributed by atoms with E-state index in [4.69, 9.17) is 4.74 Å². The number of halogens is 1. The van der Waals surface area contributed by atoms with E-state index in [2.05, 4.69) is 15.9 Å². The van der Waals surface area contributed by atoms with Gasteiger partial charge >= 0.3 is 5.69 Å². The first-order valence-corrected chi connectivity index (χ1v) is 7.30. The van der Waals surface area contributed by atoms with E-state index in [1.165, 1.54) is 17.4 Å². The van der Waals surface area contributed by atoms with E-state index in [1.807, 2.05) is 0 Å². The first-order chi connectivity index (χ1) is 9.49. The van der Waals surface area contributed by atoms with E-state index in [1.54, 1.807) is 30.5 Å². The molecule has 1 aromatic heterocycles. The number of nitro groups is 1. The van der Waals surface area contributed by atoms with Crippen LogP contribution in [0.4, 0.5) is 5.69 Å². The predicted octanol–water partition coefficient (Wildman–Crippen LogP) is 3.99. The summed E-state index contributed by atoms with van der Waals surface area (Å²) in [7, 11) is 0. The highest BCUT2D eigenvalue weighted by Crippen LogP contribution is 2.34. The Morgan fingerprint density at radius 1 is 1.50 bits per heavy atom. The maximum Gasteiger partial charge on any atom is 0.312 e. The summed E-state index contributed by atoms with van der Waals surface area (Å²) in [6, 6.07) is 6.53. The van der Waals surface area contributed by atoms with Gasteiger partial charge in [0, 0.05) is 10.5 Å². The average Bonchev–Trinajstić information content (AvgIpc) is 2.90. The van der Waals surface area contributed by atoms with Gasteiger partial charge < -0.3 is 4.74 Å². The van der Waals surface area contributed by atoms with Crippen LogP contribution in [0.5, 0.6) is 5.75 Å². The number of benzene rings is 1. The number of rotatable bonds is 5. The molecule has 0 aliphatic heterocycles. The van der Waals surface area contributed by atoms with Gasteiger partial charge in [-0.25, -0.2) is 0 Å². The number of hydrogen-bond acceptors (Lipinski definition) is 5. The topological polar surface area (TPSA) is 69.4 Å². The largest absolute Gasteiger partial charge is 0.478 e. The van der Waals surface area contributed by atoms with Crippen LogP contribution in [0, 0.1) is 17.0 Å². The van der Waals surface area contributed by atoms with Crippen molar-refractivity contribution >= 4 is 38.7 Å². The molecule has 0 radical (unpaired) electrons. The van der Waals surface area contributed by atoms with Crippen molar-refractivity contribution in [2.24, 2.45) is 0 Å². The maximum absolute atomic E-state index is 11.8. The minimum atomic E-state index is -0.525. The Bertz CT molecular complexity index is 655. The third-order valence-electron chi connectivity index (χ3n) is 2.56. The summed E-state index contributed by atoms with van der Waals surface area (Å²) in [5.41, 5.74) is 0.445. The molecule has 7 heteroatoms. The van der Waals surface area contributed by atoms with E-state index in [9.17, 15) is 14.9 Å². The van der Waals surface area contributed by atoms with Gasteiger partial charge in [-0.15, -0.1) is 11.3 Å². The van der Waals surface area contributed by atoms with Crippen LogP contribution in [0.15, 0.2) is 34.1 Å². The molecule has 2 aromatic rings. The lowest BCUT2D eigenvalue weighted by Gasteiger charge is -2.09. The van der Waals surface area contributed by atoms with Crippen molar-refractivity contribution in [3.63, 3.8) is 0 Å². The Morgan fingerprint density at radius 2 is 2.25 bits per heavy atom. The molecule has 0 saturated heterocycles. The molecule has 2 rings (SSSR count). The summed E-state index contributed by atoms with van der Waals surface area (Å²) in [5.74, 6) is -0.0697. The highest BCUT2D eigenvalue weighted by atomic mass is 79.9. The van der Waals surface area contributed by atoms with Gasteiger partial charge in [0.15, 0.2) is 6.61 Å². The number of aryl methyl sites for hydroxylation is 1. The smallest absolute Gasteiger partial charge is 0.312 e. The monoisotopic (exact) mass is 355 g/mol. The number of carbonyl (C=O) groups excluding carboxylic acids is 1. The second-order valence-corrected chi connectivity index (χ2v) is 5.88. The van der Waals surface area contributed by atoms with Crippen molar-refractivity contribution in [1.82, 2.24) is 0 Å². The summed E-state index contributed by atoms with van der Waals surface area (Å²) < 4.78 is 5.96. The number of Topliss-reactive ketones (excluding diaryl/α,β-unsaturated/α-hetero) is 1. The zero-order valence-corrected chi connectivity index (χ0v) is 12.9. The van der Waals surface area contributed by atoms with Crippen LogP contribution in [0.2, 0.25) is 0 Å². The molecule has 0 saturated carbocycles. The Labute approximate surface area is 127 Å². The maximum atomic E-state index is 11.8. The fraction of sp³-hybridized carbons (Fsp3) is 0.154. The van der Waals surface area contributed by atoms with Crippen LogP contribution in [-0.4, -0.2) is 17.3 Å². The van der Waals surface area contributed by atoms with Crippen LogP contribution in [0.1, 0.15) is 15.2 Å². The number of ether oxygens (including phenoxy) is 1. The Morgan fingerprint density at radius 3 is 2.85 bits per heavy atom. The van der Waals surface area contributed by atoms with Crippen LogP contribution in [-0.2, 0) is 0 Å². The van der Waals surface area contributed by atoms with E-state index in [0.717, 1.165) is 0 Å². The summed E-state index contributed by atoms with van der Waals surface area (Å²) in [6.07, 6.45) is 0. The fourth-order valence-electron chi connectivity index (χ4n) is 1.68. The second kappa shape index (κ2) is 6.15. The van der Waals surface area contributed by atoms with Crippen molar-refractivity contribution in [1.29, 1.82) is 0 Å². The molecule has 1 aromatic carbocycles. The third-order valence-corrected chi connectivity index (χ3v) is 3.93. The van der Waals surface area contributed by atoms with Crippen LogP contribution in [0.25, 0.3) is 0 Å². The quantitative estimate of drug-likeness (QED) is 0.461. The summed E-state index contributed by atoms with van der Waals surface area (Å²) in [4.78, 5) is 22.9. The first kappa shape index (κ1) is 14.7. The molecular formula is C13H10BrNO4S. The van der Waals surface area contributed by atoms with Gasteiger partial charge in [0.25, 0.3) is 0 Å². The van der Waals surface area contributed by atoms with Gasteiger partial charge in [0.2, 0.25) is 11.5 Å². The SMILES string of the molecule is Cc1cc(Br)cc([N+](=O)[O-])c1OCC(=O)c1cccs1. The second-order valence-electron chi connectivity index (χ2n) is 4.02. The highest BCUT2D eigenvalue weighted by molar-refractivity contribution is 9.10. The normalized spacial score (nSPS) is 10.3. The van der Waals surface area contributed by atoms with Gasteiger partial charge in [-0.05, 0) is 30.0 Å². The molecule has 0 spiro atoms. The lowest BCUT2D eigenvalue weighted by Crippen LogP contribution is -2.11. The van der Waals surface area contributed by atoms with E-state index < -0.39 is 4.92 Å².